The predicted molar refractivity (Wildman–Crippen MR) is 109 cm³/mol. The molecule has 1 heterocycles. The van der Waals surface area contributed by atoms with Crippen molar-refractivity contribution in [2.45, 2.75) is 20.4 Å². The summed E-state index contributed by atoms with van der Waals surface area (Å²) in [6, 6.07) is 9.47. The zero-order valence-electron chi connectivity index (χ0n) is 15.3. The van der Waals surface area contributed by atoms with Crippen LogP contribution in [0.3, 0.4) is 0 Å². The van der Waals surface area contributed by atoms with Crippen LogP contribution < -0.4 is 4.80 Å². The molecule has 0 aliphatic carbocycles. The molecule has 3 aromatic rings. The van der Waals surface area contributed by atoms with Gasteiger partial charge in [-0.05, 0) is 37.6 Å². The van der Waals surface area contributed by atoms with Crippen molar-refractivity contribution < 1.29 is 14.5 Å². The molecule has 3 rings (SSSR count). The number of ether oxygens (including phenoxy) is 1. The number of aryl methyl sites for hydroxylation is 1. The van der Waals surface area contributed by atoms with E-state index in [0.717, 1.165) is 15.8 Å². The minimum atomic E-state index is -0.659. The first kappa shape index (κ1) is 20.2. The van der Waals surface area contributed by atoms with Crippen LogP contribution in [0.2, 0.25) is 5.02 Å². The van der Waals surface area contributed by atoms with Crippen molar-refractivity contribution in [3.05, 3.63) is 67.5 Å². The first-order chi connectivity index (χ1) is 13.4. The molecule has 0 unspecified atom stereocenters. The van der Waals surface area contributed by atoms with Crippen molar-refractivity contribution >= 4 is 44.7 Å². The lowest BCUT2D eigenvalue weighted by Gasteiger charge is -2.08. The number of para-hydroxylation sites is 1. The fraction of sp³-hybridized carbons (Fsp3) is 0.263. The number of hydrogen-bond donors (Lipinski definition) is 0. The van der Waals surface area contributed by atoms with Gasteiger partial charge in [0.2, 0.25) is 0 Å². The number of benzene rings is 2. The molecule has 9 heteroatoms. The van der Waals surface area contributed by atoms with E-state index in [1.807, 2.05) is 24.5 Å². The van der Waals surface area contributed by atoms with Crippen LogP contribution in [0.4, 0.5) is 5.69 Å². The highest BCUT2D eigenvalue weighted by Crippen LogP contribution is 2.27. The molecule has 0 atom stereocenters. The lowest BCUT2D eigenvalue weighted by atomic mass is 10.2. The molecular formula is C19H18ClN3O4S. The number of thiazole rings is 1. The van der Waals surface area contributed by atoms with Gasteiger partial charge in [0.25, 0.3) is 11.6 Å². The van der Waals surface area contributed by atoms with Crippen LogP contribution in [0.5, 0.6) is 0 Å². The molecule has 0 radical (unpaired) electrons. The van der Waals surface area contributed by atoms with Crippen LogP contribution in [-0.2, 0) is 11.3 Å². The van der Waals surface area contributed by atoms with Crippen LogP contribution in [0.25, 0.3) is 10.2 Å². The quantitative estimate of drug-likeness (QED) is 0.337. The second-order valence-corrected chi connectivity index (χ2v) is 7.36. The lowest BCUT2D eigenvalue weighted by molar-refractivity contribution is -0.385. The number of hydrogen-bond acceptors (Lipinski definition) is 5. The highest BCUT2D eigenvalue weighted by molar-refractivity contribution is 7.16. The second-order valence-electron chi connectivity index (χ2n) is 5.94. The Kier molecular flexibility index (Phi) is 6.23. The molecule has 0 bridgehead atoms. The van der Waals surface area contributed by atoms with Gasteiger partial charge in [-0.2, -0.15) is 4.99 Å². The zero-order valence-corrected chi connectivity index (χ0v) is 16.9. The number of rotatable bonds is 6. The second kappa shape index (κ2) is 8.64. The molecule has 0 N–H and O–H groups in total. The third-order valence-electron chi connectivity index (χ3n) is 4.22. The molecular weight excluding hydrogens is 402 g/mol. The summed E-state index contributed by atoms with van der Waals surface area (Å²) in [7, 11) is 0. The standard InChI is InChI=1S/C19H18ClN3O4S/c1-3-27-11-10-22-17-12(2)14(20)8-9-16(17)28-19(22)21-18(24)13-6-4-5-7-15(13)23(25)26/h4-9H,3,10-11H2,1-2H3. The van der Waals surface area contributed by atoms with Gasteiger partial charge in [-0.15, -0.1) is 0 Å². The third-order valence-corrected chi connectivity index (χ3v) is 5.67. The van der Waals surface area contributed by atoms with Gasteiger partial charge in [0.1, 0.15) is 5.56 Å². The molecule has 1 aromatic heterocycles. The van der Waals surface area contributed by atoms with Gasteiger partial charge in [0.15, 0.2) is 4.80 Å². The molecule has 2 aromatic carbocycles. The van der Waals surface area contributed by atoms with Crippen molar-refractivity contribution in [3.8, 4) is 0 Å². The number of halogens is 1. The smallest absolute Gasteiger partial charge is 0.286 e. The van der Waals surface area contributed by atoms with E-state index in [1.54, 1.807) is 12.1 Å². The highest BCUT2D eigenvalue weighted by atomic mass is 35.5. The zero-order chi connectivity index (χ0) is 20.3. The Balaban J connectivity index is 2.16. The maximum absolute atomic E-state index is 12.7. The number of aromatic nitrogens is 1. The molecule has 0 aliphatic heterocycles. The maximum atomic E-state index is 12.7. The summed E-state index contributed by atoms with van der Waals surface area (Å²) < 4.78 is 8.26. The van der Waals surface area contributed by atoms with Crippen molar-refractivity contribution in [3.63, 3.8) is 0 Å². The van der Waals surface area contributed by atoms with Crippen LogP contribution in [0, 0.1) is 17.0 Å². The van der Waals surface area contributed by atoms with Crippen molar-refractivity contribution in [1.82, 2.24) is 4.57 Å². The van der Waals surface area contributed by atoms with E-state index in [0.29, 0.717) is 29.6 Å². The molecule has 0 saturated heterocycles. The van der Waals surface area contributed by atoms with E-state index in [1.165, 1.54) is 29.5 Å². The van der Waals surface area contributed by atoms with Gasteiger partial charge < -0.3 is 9.30 Å². The van der Waals surface area contributed by atoms with Crippen molar-refractivity contribution in [2.24, 2.45) is 4.99 Å². The molecule has 28 heavy (non-hydrogen) atoms. The monoisotopic (exact) mass is 419 g/mol. The van der Waals surface area contributed by atoms with E-state index < -0.39 is 10.8 Å². The molecule has 1 amide bonds. The number of nitro groups is 1. The van der Waals surface area contributed by atoms with E-state index in [-0.39, 0.29) is 11.3 Å². The largest absolute Gasteiger partial charge is 0.380 e. The van der Waals surface area contributed by atoms with Gasteiger partial charge in [-0.3, -0.25) is 14.9 Å². The normalized spacial score (nSPS) is 11.9. The van der Waals surface area contributed by atoms with Gasteiger partial charge >= 0.3 is 0 Å². The van der Waals surface area contributed by atoms with Crippen LogP contribution >= 0.6 is 22.9 Å². The molecule has 0 aliphatic rings. The van der Waals surface area contributed by atoms with E-state index in [9.17, 15) is 14.9 Å². The predicted octanol–water partition coefficient (Wildman–Crippen LogP) is 4.35. The Morgan fingerprint density at radius 3 is 2.79 bits per heavy atom. The van der Waals surface area contributed by atoms with Gasteiger partial charge in [-0.1, -0.05) is 35.1 Å². The molecule has 0 spiro atoms. The van der Waals surface area contributed by atoms with E-state index in [4.69, 9.17) is 16.3 Å². The summed E-state index contributed by atoms with van der Waals surface area (Å²) in [5, 5.41) is 11.8. The molecule has 7 nitrogen and oxygen atoms in total. The molecule has 0 saturated carbocycles. The fourth-order valence-electron chi connectivity index (χ4n) is 2.87. The van der Waals surface area contributed by atoms with Crippen molar-refractivity contribution in [1.29, 1.82) is 0 Å². The number of amides is 1. The summed E-state index contributed by atoms with van der Waals surface area (Å²) in [6.45, 7) is 5.31. The Hall–Kier alpha value is -2.55. The van der Waals surface area contributed by atoms with Crippen LogP contribution in [0.15, 0.2) is 41.4 Å². The summed E-state index contributed by atoms with van der Waals surface area (Å²) >= 11 is 7.61. The summed E-state index contributed by atoms with van der Waals surface area (Å²) in [6.07, 6.45) is 0. The first-order valence-corrected chi connectivity index (χ1v) is 9.82. The summed E-state index contributed by atoms with van der Waals surface area (Å²) in [5.41, 5.74) is 1.45. The average molecular weight is 420 g/mol. The first-order valence-electron chi connectivity index (χ1n) is 8.62. The minimum absolute atomic E-state index is 0.0453. The topological polar surface area (TPSA) is 86.7 Å². The summed E-state index contributed by atoms with van der Waals surface area (Å²) in [5.74, 6) is -0.659. The average Bonchev–Trinajstić information content (AvgIpc) is 3.03. The lowest BCUT2D eigenvalue weighted by Crippen LogP contribution is -2.20. The number of nitrogens with zero attached hydrogens (tertiary/aromatic N) is 3. The fourth-order valence-corrected chi connectivity index (χ4v) is 4.14. The Morgan fingerprint density at radius 1 is 1.32 bits per heavy atom. The SMILES string of the molecule is CCOCCn1c(=NC(=O)c2ccccc2[N+](=O)[O-])sc2ccc(Cl)c(C)c21. The maximum Gasteiger partial charge on any atom is 0.286 e. The Bertz CT molecular complexity index is 1120. The van der Waals surface area contributed by atoms with E-state index >= 15 is 0 Å². The number of fused-ring (bicyclic) bond motifs is 1. The van der Waals surface area contributed by atoms with Crippen LogP contribution in [-0.4, -0.2) is 28.6 Å². The van der Waals surface area contributed by atoms with Gasteiger partial charge in [0.05, 0.1) is 21.7 Å². The Labute approximate surface area is 170 Å². The third kappa shape index (κ3) is 3.99. The van der Waals surface area contributed by atoms with E-state index in [2.05, 4.69) is 4.99 Å². The minimum Gasteiger partial charge on any atom is -0.380 e. The highest BCUT2D eigenvalue weighted by Gasteiger charge is 2.19. The molecule has 0 fully saturated rings. The number of carbonyl (C=O) groups excluding carboxylic acids is 1. The molecule has 146 valence electrons. The van der Waals surface area contributed by atoms with Crippen LogP contribution in [0.1, 0.15) is 22.8 Å². The number of carbonyl (C=O) groups is 1. The van der Waals surface area contributed by atoms with Crippen molar-refractivity contribution in [2.75, 3.05) is 13.2 Å². The van der Waals surface area contributed by atoms with Gasteiger partial charge in [0, 0.05) is 24.2 Å². The van der Waals surface area contributed by atoms with Gasteiger partial charge in [-0.25, -0.2) is 0 Å². The number of nitro benzene ring substituents is 1. The Morgan fingerprint density at radius 2 is 2.07 bits per heavy atom. The summed E-state index contributed by atoms with van der Waals surface area (Å²) in [4.78, 5) is 28.0.